The summed E-state index contributed by atoms with van der Waals surface area (Å²) >= 11 is 49.6. The Morgan fingerprint density at radius 3 is 0.846 bits per heavy atom. The van der Waals surface area contributed by atoms with Crippen molar-refractivity contribution < 1.29 is 43.7 Å². The molecule has 23 heteroatoms. The molecule has 426 valence electrons. The van der Waals surface area contributed by atoms with Crippen molar-refractivity contribution in [3.05, 3.63) is 163 Å². The van der Waals surface area contributed by atoms with Gasteiger partial charge in [0.15, 0.2) is 0 Å². The van der Waals surface area contributed by atoms with E-state index in [0.29, 0.717) is 36.0 Å². The number of ether oxygens (including phenoxy) is 6. The summed E-state index contributed by atoms with van der Waals surface area (Å²) in [6.45, 7) is 13.5. The molecule has 6 aromatic carbocycles. The van der Waals surface area contributed by atoms with E-state index in [2.05, 4.69) is 294 Å². The number of aliphatic hydroxyl groups excluding tert-OH is 3. The van der Waals surface area contributed by atoms with Crippen molar-refractivity contribution >= 4 is 223 Å². The molecule has 0 radical (unpaired) electrons. The average molecular weight is 1980 g/mol. The zero-order valence-electron chi connectivity index (χ0n) is 43.0. The van der Waals surface area contributed by atoms with Gasteiger partial charge in [-0.3, -0.25) is 0 Å². The molecule has 0 amide bonds. The Morgan fingerprint density at radius 2 is 0.590 bits per heavy atom. The zero-order chi connectivity index (χ0) is 58.6. The lowest BCUT2D eigenvalue weighted by Crippen LogP contribution is -2.25. The van der Waals surface area contributed by atoms with Gasteiger partial charge in [0.05, 0.1) is 64.5 Å². The molecule has 6 aromatic rings. The molecule has 0 aliphatic rings. The predicted molar refractivity (Wildman–Crippen MR) is 364 cm³/mol. The van der Waals surface area contributed by atoms with E-state index in [0.717, 1.165) is 90.6 Å². The minimum Gasteiger partial charge on any atom is -0.494 e. The molecular weight excluding hydrogens is 1920 g/mol. The number of rotatable bonds is 20. The molecule has 0 aliphatic heterocycles. The Labute approximate surface area is 575 Å². The third kappa shape index (κ3) is 20.2. The van der Waals surface area contributed by atoms with Gasteiger partial charge in [0.2, 0.25) is 0 Å². The van der Waals surface area contributed by atoms with Crippen LogP contribution in [-0.2, 0) is 15.6 Å². The maximum atomic E-state index is 10.5. The number of halogens is 14. The second-order valence-corrected chi connectivity index (χ2v) is 30.4. The number of aliphatic hydroxyl groups is 3. The van der Waals surface area contributed by atoms with E-state index in [1.165, 1.54) is 5.56 Å². The highest BCUT2D eigenvalue weighted by Crippen LogP contribution is 2.46. The largest absolute Gasteiger partial charge is 0.494 e. The van der Waals surface area contributed by atoms with Gasteiger partial charge in [-0.25, -0.2) is 0 Å². The summed E-state index contributed by atoms with van der Waals surface area (Å²) in [6.07, 6.45) is -1.25. The van der Waals surface area contributed by atoms with Crippen molar-refractivity contribution in [2.45, 2.75) is 77.1 Å². The molecule has 3 unspecified atom stereocenters. The van der Waals surface area contributed by atoms with Crippen LogP contribution in [0.2, 0.25) is 0 Å². The summed E-state index contributed by atoms with van der Waals surface area (Å²) in [6, 6.07) is 24.2. The van der Waals surface area contributed by atoms with Gasteiger partial charge in [-0.2, -0.15) is 0 Å². The molecule has 0 fully saturated rings. The molecule has 0 spiro atoms. The number of methoxy groups -OCH3 is 2. The van der Waals surface area contributed by atoms with Crippen LogP contribution in [-0.4, -0.2) is 80.9 Å². The van der Waals surface area contributed by atoms with Crippen molar-refractivity contribution in [1.82, 2.24) is 0 Å². The fourth-order valence-corrected chi connectivity index (χ4v) is 17.5. The van der Waals surface area contributed by atoms with Crippen LogP contribution in [0, 0.1) is 6.92 Å². The Balaban J connectivity index is 0.000000272. The Hall–Kier alpha value is 0.880. The van der Waals surface area contributed by atoms with Crippen LogP contribution in [0.25, 0.3) is 0 Å². The third-order valence-electron chi connectivity index (χ3n) is 11.8. The monoisotopic (exact) mass is 1960 g/mol. The second kappa shape index (κ2) is 33.1. The van der Waals surface area contributed by atoms with E-state index in [1.54, 1.807) is 14.2 Å². The fourth-order valence-electron chi connectivity index (χ4n) is 7.03. The van der Waals surface area contributed by atoms with E-state index < -0.39 is 18.3 Å². The maximum absolute atomic E-state index is 10.5. The predicted octanol–water partition coefficient (Wildman–Crippen LogP) is 21.1. The molecule has 0 bridgehead atoms. The fraction of sp³-hybridized carbons (Fsp3) is 0.345. The SMILES string of the molecule is CCC(O)COc1c(Br)cc(Br)cc1Br.COCC(O)COc1c(Br)cc(C(C)(C)c2cc(Br)c(OC)c(Br)c2)cc1Br.Cc1c(Br)cc(C(C)(C)c2cc(Br)c(OCC(O)COc3c(Br)cc(Br)cc3Br)c(Br)c2)cc1Br. The molecule has 0 aromatic heterocycles. The van der Waals surface area contributed by atoms with E-state index in [1.807, 2.05) is 43.3 Å². The van der Waals surface area contributed by atoms with Crippen molar-refractivity contribution in [2.75, 3.05) is 47.3 Å². The van der Waals surface area contributed by atoms with Gasteiger partial charge >= 0.3 is 0 Å². The van der Waals surface area contributed by atoms with Crippen molar-refractivity contribution in [3.63, 3.8) is 0 Å². The van der Waals surface area contributed by atoms with E-state index in [9.17, 15) is 15.3 Å². The van der Waals surface area contributed by atoms with Gasteiger partial charge in [-0.1, -0.05) is 98.3 Å². The maximum Gasteiger partial charge on any atom is 0.147 e. The molecule has 0 heterocycles. The van der Waals surface area contributed by atoms with Gasteiger partial charge < -0.3 is 43.7 Å². The van der Waals surface area contributed by atoms with Gasteiger partial charge in [-0.15, -0.1) is 0 Å². The van der Waals surface area contributed by atoms with Gasteiger partial charge in [0.25, 0.3) is 0 Å². The quantitative estimate of drug-likeness (QED) is 0.0687. The van der Waals surface area contributed by atoms with Crippen LogP contribution < -0.4 is 23.7 Å². The average Bonchev–Trinajstić information content (AvgIpc) is 3.34. The number of benzene rings is 6. The Morgan fingerprint density at radius 1 is 0.359 bits per heavy atom. The van der Waals surface area contributed by atoms with Crippen molar-refractivity contribution in [3.8, 4) is 28.7 Å². The van der Waals surface area contributed by atoms with Gasteiger partial charge in [-0.05, 0) is 273 Å². The first kappa shape index (κ1) is 71.4. The first-order valence-electron chi connectivity index (χ1n) is 23.3. The lowest BCUT2D eigenvalue weighted by Gasteiger charge is -2.28. The first-order valence-corrected chi connectivity index (χ1v) is 34.4. The minimum absolute atomic E-state index is 0.0730. The highest BCUT2D eigenvalue weighted by molar-refractivity contribution is 9.13. The Bertz CT molecular complexity index is 2870. The van der Waals surface area contributed by atoms with E-state index in [-0.39, 0.29) is 37.3 Å². The smallest absolute Gasteiger partial charge is 0.147 e. The molecule has 0 saturated carbocycles. The topological polar surface area (TPSA) is 116 Å². The summed E-state index contributed by atoms with van der Waals surface area (Å²) in [5, 5.41) is 29.7. The molecular formula is C55H54Br14O9. The van der Waals surface area contributed by atoms with Gasteiger partial charge in [0.1, 0.15) is 67.4 Å². The summed E-state index contributed by atoms with van der Waals surface area (Å²) in [5.41, 5.74) is 5.12. The normalized spacial score (nSPS) is 12.6. The number of hydrogen-bond donors (Lipinski definition) is 3. The van der Waals surface area contributed by atoms with Crippen LogP contribution >= 0.6 is 223 Å². The summed E-state index contributed by atoms with van der Waals surface area (Å²) < 4.78 is 45.6. The lowest BCUT2D eigenvalue weighted by molar-refractivity contribution is 0.0321. The first-order chi connectivity index (χ1) is 36.5. The molecule has 3 atom stereocenters. The van der Waals surface area contributed by atoms with E-state index >= 15 is 0 Å². The molecule has 3 N–H and O–H groups in total. The summed E-state index contributed by atoms with van der Waals surface area (Å²) in [5.74, 6) is 3.37. The van der Waals surface area contributed by atoms with Crippen LogP contribution in [0.4, 0.5) is 0 Å². The third-order valence-corrected chi connectivity index (χ3v) is 20.3. The molecule has 78 heavy (non-hydrogen) atoms. The Kier molecular flexibility index (Phi) is 30.3. The molecule has 0 aliphatic carbocycles. The molecule has 0 saturated heterocycles. The van der Waals surface area contributed by atoms with Crippen LogP contribution in [0.3, 0.4) is 0 Å². The number of hydrogen-bond acceptors (Lipinski definition) is 9. The highest BCUT2D eigenvalue weighted by Gasteiger charge is 2.29. The highest BCUT2D eigenvalue weighted by atomic mass is 79.9. The lowest BCUT2D eigenvalue weighted by atomic mass is 9.78. The molecule has 6 rings (SSSR count). The standard InChI is InChI=1S/C25H21Br7O3.C20H22Br4O4.C10H11Br3O2/c1-12-17(27)4-13(5-18(12)28)25(2,3)14-6-19(29)23(20(30)7-14)34-10-16(33)11-35-24-21(31)8-15(26)9-22(24)32;1-20(2,11-5-14(21)18(27-4)15(22)6-11)12-7-16(23)19(17(24)8-12)28-10-13(25)9-26-3;1-2-7(14)5-15-10-8(12)3-6(11)4-9(10)13/h4-9,16,33H,10-11H2,1-3H3;5-8,13,25H,9-10H2,1-4H3;3-4,7,14H,2,5H2,1H3. The second-order valence-electron chi connectivity index (χ2n) is 18.3. The summed E-state index contributed by atoms with van der Waals surface area (Å²) in [4.78, 5) is 0. The van der Waals surface area contributed by atoms with Crippen molar-refractivity contribution in [2.24, 2.45) is 0 Å². The molecule has 9 nitrogen and oxygen atoms in total. The van der Waals surface area contributed by atoms with Crippen LogP contribution in [0.5, 0.6) is 28.7 Å². The van der Waals surface area contributed by atoms with Crippen molar-refractivity contribution in [1.29, 1.82) is 0 Å². The van der Waals surface area contributed by atoms with Gasteiger partial charge in [0, 0.05) is 35.8 Å². The van der Waals surface area contributed by atoms with Crippen LogP contribution in [0.1, 0.15) is 68.9 Å². The van der Waals surface area contributed by atoms with Crippen LogP contribution in [0.15, 0.2) is 135 Å². The summed E-state index contributed by atoms with van der Waals surface area (Å²) in [7, 11) is 3.19. The minimum atomic E-state index is -0.824. The van der Waals surface area contributed by atoms with E-state index in [4.69, 9.17) is 28.4 Å². The zero-order valence-corrected chi connectivity index (χ0v) is 65.2.